The Morgan fingerprint density at radius 1 is 1.54 bits per heavy atom. The highest BCUT2D eigenvalue weighted by Crippen LogP contribution is 2.37. The Morgan fingerprint density at radius 2 is 2.31 bits per heavy atom. The molecule has 0 radical (unpaired) electrons. The van der Waals surface area contributed by atoms with Crippen LogP contribution in [-0.2, 0) is 11.1 Å². The number of alkyl halides is 1. The van der Waals surface area contributed by atoms with Gasteiger partial charge in [-0.1, -0.05) is 6.08 Å². The molecule has 0 aromatic rings. The predicted molar refractivity (Wildman–Crippen MR) is 46.6 cm³/mol. The zero-order valence-electron chi connectivity index (χ0n) is 6.44. The van der Waals surface area contributed by atoms with Crippen LogP contribution in [0.4, 0.5) is 4.39 Å². The van der Waals surface area contributed by atoms with Gasteiger partial charge in [0.2, 0.25) is 5.00 Å². The molecule has 13 heavy (non-hydrogen) atoms. The van der Waals surface area contributed by atoms with Crippen molar-refractivity contribution in [3.8, 4) is 0 Å². The Kier molecular flexibility index (Phi) is 1.78. The van der Waals surface area contributed by atoms with E-state index in [-0.39, 0.29) is 5.57 Å². The highest BCUT2D eigenvalue weighted by molar-refractivity contribution is 7.80. The van der Waals surface area contributed by atoms with E-state index in [0.717, 1.165) is 6.08 Å². The lowest BCUT2D eigenvalue weighted by Gasteiger charge is -2.27. The number of allylic oxidation sites excluding steroid dienone is 4. The molecule has 0 N–H and O–H groups in total. The van der Waals surface area contributed by atoms with Crippen LogP contribution in [0.3, 0.4) is 0 Å². The van der Waals surface area contributed by atoms with Crippen molar-refractivity contribution in [2.75, 3.05) is 0 Å². The van der Waals surface area contributed by atoms with Crippen molar-refractivity contribution >= 4 is 17.3 Å². The molecule has 1 aliphatic heterocycles. The van der Waals surface area contributed by atoms with Crippen molar-refractivity contribution in [3.63, 3.8) is 0 Å². The van der Waals surface area contributed by atoms with Gasteiger partial charge in [0.25, 0.3) is 0 Å². The zero-order chi connectivity index (χ0) is 9.47. The molecule has 1 heterocycles. The molecule has 5 heteroatoms. The molecule has 2 atom stereocenters. The second-order valence-corrected chi connectivity index (χ2v) is 3.71. The molecule has 0 aromatic heterocycles. The molecular formula is C8H5FNO2S-. The highest BCUT2D eigenvalue weighted by atomic mass is 32.2. The van der Waals surface area contributed by atoms with E-state index in [1.807, 2.05) is 0 Å². The van der Waals surface area contributed by atoms with Crippen LogP contribution in [0.25, 0.3) is 0 Å². The van der Waals surface area contributed by atoms with Gasteiger partial charge in [-0.15, -0.1) is 0 Å². The fraction of sp³-hybridized carbons (Fsp3) is 0.125. The molecule has 2 unspecified atom stereocenters. The summed E-state index contributed by atoms with van der Waals surface area (Å²) < 4.78 is 35.1. The van der Waals surface area contributed by atoms with Gasteiger partial charge < -0.3 is 4.55 Å². The van der Waals surface area contributed by atoms with E-state index in [0.29, 0.717) is 5.70 Å². The number of fused-ring (bicyclic) bond motifs is 1. The molecule has 0 fully saturated rings. The standard InChI is InChI=1S/C8H6FNO2S/c9-8(13(11)12)4-1-2-7-6(8)3-5-10-7/h1-5H,(H,11,12)/p-1. The summed E-state index contributed by atoms with van der Waals surface area (Å²) in [6.07, 6.45) is 6.67. The molecule has 0 saturated carbocycles. The van der Waals surface area contributed by atoms with Crippen molar-refractivity contribution in [2.45, 2.75) is 5.00 Å². The molecule has 0 aromatic carbocycles. The first kappa shape index (κ1) is 8.52. The van der Waals surface area contributed by atoms with Gasteiger partial charge in [-0.05, 0) is 29.3 Å². The van der Waals surface area contributed by atoms with Crippen LogP contribution in [0.15, 0.2) is 40.6 Å². The smallest absolute Gasteiger partial charge is 0.217 e. The summed E-state index contributed by atoms with van der Waals surface area (Å²) in [7, 11) is 0. The number of hydrogen-bond donors (Lipinski definition) is 0. The van der Waals surface area contributed by atoms with Crippen molar-refractivity contribution in [1.29, 1.82) is 0 Å². The number of hydrogen-bond acceptors (Lipinski definition) is 3. The van der Waals surface area contributed by atoms with Crippen molar-refractivity contribution in [2.24, 2.45) is 4.99 Å². The summed E-state index contributed by atoms with van der Waals surface area (Å²) in [6, 6.07) is 0. The lowest BCUT2D eigenvalue weighted by molar-refractivity contribution is 0.364. The minimum absolute atomic E-state index is 0.0864. The number of rotatable bonds is 1. The van der Waals surface area contributed by atoms with E-state index in [1.54, 1.807) is 6.08 Å². The number of halogens is 1. The molecule has 0 spiro atoms. The van der Waals surface area contributed by atoms with Gasteiger partial charge in [-0.3, -0.25) is 9.20 Å². The lowest BCUT2D eigenvalue weighted by atomic mass is 10.0. The van der Waals surface area contributed by atoms with Crippen LogP contribution in [0.5, 0.6) is 0 Å². The largest absolute Gasteiger partial charge is 0.769 e. The van der Waals surface area contributed by atoms with Crippen LogP contribution < -0.4 is 0 Å². The van der Waals surface area contributed by atoms with Crippen molar-refractivity contribution < 1.29 is 13.2 Å². The molecular weight excluding hydrogens is 193 g/mol. The molecule has 0 saturated heterocycles. The molecule has 3 nitrogen and oxygen atoms in total. The van der Waals surface area contributed by atoms with Gasteiger partial charge in [0.15, 0.2) is 0 Å². The van der Waals surface area contributed by atoms with E-state index in [4.69, 9.17) is 0 Å². The van der Waals surface area contributed by atoms with Gasteiger partial charge in [-0.25, -0.2) is 4.39 Å². The van der Waals surface area contributed by atoms with E-state index < -0.39 is 16.1 Å². The van der Waals surface area contributed by atoms with Gasteiger partial charge in [0, 0.05) is 11.8 Å². The maximum Gasteiger partial charge on any atom is 0.217 e. The summed E-state index contributed by atoms with van der Waals surface area (Å²) in [5.74, 6) is 0. The molecule has 2 aliphatic rings. The molecule has 2 rings (SSSR count). The highest BCUT2D eigenvalue weighted by Gasteiger charge is 2.37. The van der Waals surface area contributed by atoms with Crippen molar-refractivity contribution in [1.82, 2.24) is 0 Å². The van der Waals surface area contributed by atoms with Gasteiger partial charge in [0.1, 0.15) is 0 Å². The first-order valence-electron chi connectivity index (χ1n) is 3.57. The maximum absolute atomic E-state index is 13.8. The zero-order valence-corrected chi connectivity index (χ0v) is 7.25. The summed E-state index contributed by atoms with van der Waals surface area (Å²) in [6.45, 7) is 0. The third-order valence-electron chi connectivity index (χ3n) is 1.91. The summed E-state index contributed by atoms with van der Waals surface area (Å²) >= 11 is -2.82. The molecule has 0 bridgehead atoms. The first-order valence-corrected chi connectivity index (χ1v) is 4.65. The average molecular weight is 198 g/mol. The van der Waals surface area contributed by atoms with Gasteiger partial charge in [0.05, 0.1) is 5.70 Å². The molecule has 0 amide bonds. The van der Waals surface area contributed by atoms with E-state index in [9.17, 15) is 13.2 Å². The quantitative estimate of drug-likeness (QED) is 0.590. The maximum atomic E-state index is 13.8. The SMILES string of the molecule is O=S([O-])C1(F)C=CC=C2N=CC=C21. The number of nitrogens with zero attached hydrogens (tertiary/aromatic N) is 1. The minimum Gasteiger partial charge on any atom is -0.769 e. The summed E-state index contributed by atoms with van der Waals surface area (Å²) in [5, 5.41) is -2.42. The average Bonchev–Trinajstić information content (AvgIpc) is 2.53. The topological polar surface area (TPSA) is 52.5 Å². The Balaban J connectivity index is 2.52. The molecule has 1 aliphatic carbocycles. The predicted octanol–water partition coefficient (Wildman–Crippen LogP) is 0.996. The summed E-state index contributed by atoms with van der Waals surface area (Å²) in [4.78, 5) is 3.81. The molecule has 68 valence electrons. The van der Waals surface area contributed by atoms with Crippen LogP contribution in [-0.4, -0.2) is 20.0 Å². The Labute approximate surface area is 76.7 Å². The third kappa shape index (κ3) is 1.12. The van der Waals surface area contributed by atoms with Crippen LogP contribution >= 0.6 is 0 Å². The van der Waals surface area contributed by atoms with Crippen molar-refractivity contribution in [3.05, 3.63) is 35.6 Å². The van der Waals surface area contributed by atoms with Gasteiger partial charge >= 0.3 is 0 Å². The fourth-order valence-electron chi connectivity index (χ4n) is 1.27. The Hall–Kier alpha value is -1.07. The van der Waals surface area contributed by atoms with Crippen LogP contribution in [0.1, 0.15) is 0 Å². The number of aliphatic imine (C=N–C) groups is 1. The minimum atomic E-state index is -2.82. The van der Waals surface area contributed by atoms with Gasteiger partial charge in [-0.2, -0.15) is 0 Å². The first-order chi connectivity index (χ1) is 6.14. The fourth-order valence-corrected chi connectivity index (χ4v) is 1.81. The van der Waals surface area contributed by atoms with E-state index in [1.165, 1.54) is 18.4 Å². The second kappa shape index (κ2) is 2.71. The Bertz CT molecular complexity index is 397. The lowest BCUT2D eigenvalue weighted by Crippen LogP contribution is -2.30. The van der Waals surface area contributed by atoms with Crippen LogP contribution in [0.2, 0.25) is 0 Å². The van der Waals surface area contributed by atoms with E-state index >= 15 is 0 Å². The monoisotopic (exact) mass is 198 g/mol. The normalized spacial score (nSPS) is 32.5. The summed E-state index contributed by atoms with van der Waals surface area (Å²) in [5.41, 5.74) is 0.456. The second-order valence-electron chi connectivity index (χ2n) is 2.65. The van der Waals surface area contributed by atoms with E-state index in [2.05, 4.69) is 4.99 Å². The van der Waals surface area contributed by atoms with Crippen LogP contribution in [0, 0.1) is 0 Å². The Morgan fingerprint density at radius 3 is 3.00 bits per heavy atom. The third-order valence-corrected chi connectivity index (χ3v) is 2.75.